The minimum Gasteiger partial charge on any atom is -0.322 e. The molecule has 1 amide bonds. The maximum atomic E-state index is 12.8. The van der Waals surface area contributed by atoms with E-state index in [9.17, 15) is 4.79 Å². The first-order valence-electron chi connectivity index (χ1n) is 9.39. The molecule has 1 aromatic carbocycles. The van der Waals surface area contributed by atoms with Crippen LogP contribution in [0.25, 0.3) is 5.69 Å². The first-order chi connectivity index (χ1) is 13.5. The lowest BCUT2D eigenvalue weighted by Gasteiger charge is -2.17. The molecule has 8 heteroatoms. The Morgan fingerprint density at radius 2 is 2.07 bits per heavy atom. The smallest absolute Gasteiger partial charge is 0.237 e. The molecule has 0 fully saturated rings. The van der Waals surface area contributed by atoms with Gasteiger partial charge in [0, 0.05) is 13.1 Å². The second kappa shape index (κ2) is 7.81. The van der Waals surface area contributed by atoms with Crippen LogP contribution in [0, 0.1) is 13.8 Å². The molecule has 146 valence electrons. The van der Waals surface area contributed by atoms with Gasteiger partial charge in [0.2, 0.25) is 5.91 Å². The van der Waals surface area contributed by atoms with Crippen LogP contribution in [0.1, 0.15) is 24.0 Å². The predicted molar refractivity (Wildman–Crippen MR) is 111 cm³/mol. The molecular formula is C20H24N6OS. The van der Waals surface area contributed by atoms with Crippen LogP contribution in [0.2, 0.25) is 0 Å². The van der Waals surface area contributed by atoms with Gasteiger partial charge in [-0.25, -0.2) is 4.68 Å². The van der Waals surface area contributed by atoms with Gasteiger partial charge in [-0.05, 0) is 32.9 Å². The molecule has 2 N–H and O–H groups in total. The SMILES string of the molecule is Cc1nn(-c2ccccc2)c(C)c1NC(=O)C(C)Sc1cnn2c1CNCC2. The van der Waals surface area contributed by atoms with Gasteiger partial charge >= 0.3 is 0 Å². The third kappa shape index (κ3) is 3.57. The highest BCUT2D eigenvalue weighted by molar-refractivity contribution is 8.00. The van der Waals surface area contributed by atoms with Gasteiger partial charge in [-0.15, -0.1) is 11.8 Å². The summed E-state index contributed by atoms with van der Waals surface area (Å²) < 4.78 is 3.88. The van der Waals surface area contributed by atoms with Gasteiger partial charge in [0.25, 0.3) is 0 Å². The normalized spacial score (nSPS) is 14.5. The highest BCUT2D eigenvalue weighted by atomic mass is 32.2. The Morgan fingerprint density at radius 3 is 2.86 bits per heavy atom. The van der Waals surface area contributed by atoms with Crippen molar-refractivity contribution in [2.45, 2.75) is 44.0 Å². The van der Waals surface area contributed by atoms with Crippen LogP contribution in [0.15, 0.2) is 41.4 Å². The molecule has 28 heavy (non-hydrogen) atoms. The Hall–Kier alpha value is -2.58. The van der Waals surface area contributed by atoms with Crippen molar-refractivity contribution in [1.82, 2.24) is 24.9 Å². The monoisotopic (exact) mass is 396 g/mol. The molecule has 1 aliphatic rings. The van der Waals surface area contributed by atoms with E-state index in [0.29, 0.717) is 0 Å². The lowest BCUT2D eigenvalue weighted by atomic mass is 10.3. The first kappa shape index (κ1) is 18.8. The number of hydrogen-bond donors (Lipinski definition) is 2. The number of carbonyl (C=O) groups is 1. The van der Waals surface area contributed by atoms with E-state index in [0.717, 1.165) is 53.0 Å². The van der Waals surface area contributed by atoms with Gasteiger partial charge in [0.1, 0.15) is 0 Å². The summed E-state index contributed by atoms with van der Waals surface area (Å²) in [6.07, 6.45) is 1.86. The topological polar surface area (TPSA) is 76.8 Å². The number of nitrogens with one attached hydrogen (secondary N) is 2. The first-order valence-corrected chi connectivity index (χ1v) is 10.3. The van der Waals surface area contributed by atoms with Crippen LogP contribution in [0.4, 0.5) is 5.69 Å². The summed E-state index contributed by atoms with van der Waals surface area (Å²) in [5.74, 6) is -0.0347. The zero-order valence-electron chi connectivity index (χ0n) is 16.3. The molecule has 3 heterocycles. The summed E-state index contributed by atoms with van der Waals surface area (Å²) in [6, 6.07) is 9.93. The van der Waals surface area contributed by atoms with E-state index < -0.39 is 0 Å². The average Bonchev–Trinajstić information content (AvgIpc) is 3.24. The van der Waals surface area contributed by atoms with E-state index in [1.807, 2.05) is 66.7 Å². The van der Waals surface area contributed by atoms with Gasteiger partial charge in [0.05, 0.1) is 51.3 Å². The van der Waals surface area contributed by atoms with Crippen molar-refractivity contribution in [3.63, 3.8) is 0 Å². The fourth-order valence-corrected chi connectivity index (χ4v) is 4.34. The number of benzene rings is 1. The van der Waals surface area contributed by atoms with Crippen LogP contribution >= 0.6 is 11.8 Å². The second-order valence-corrected chi connectivity index (χ2v) is 8.28. The number of fused-ring (bicyclic) bond motifs is 1. The molecule has 7 nitrogen and oxygen atoms in total. The number of anilines is 1. The van der Waals surface area contributed by atoms with Gasteiger partial charge in [-0.3, -0.25) is 9.48 Å². The summed E-state index contributed by atoms with van der Waals surface area (Å²) in [7, 11) is 0. The van der Waals surface area contributed by atoms with Crippen LogP contribution in [-0.4, -0.2) is 37.3 Å². The average molecular weight is 397 g/mol. The van der Waals surface area contributed by atoms with Crippen molar-refractivity contribution in [3.8, 4) is 5.69 Å². The van der Waals surface area contributed by atoms with Crippen molar-refractivity contribution in [1.29, 1.82) is 0 Å². The molecule has 2 aromatic heterocycles. The summed E-state index contributed by atoms with van der Waals surface area (Å²) in [5, 5.41) is 15.2. The molecule has 0 spiro atoms. The van der Waals surface area contributed by atoms with Gasteiger partial charge in [-0.2, -0.15) is 10.2 Å². The van der Waals surface area contributed by atoms with Crippen molar-refractivity contribution >= 4 is 23.4 Å². The third-order valence-electron chi connectivity index (χ3n) is 4.92. The van der Waals surface area contributed by atoms with E-state index in [4.69, 9.17) is 0 Å². The van der Waals surface area contributed by atoms with Crippen LogP contribution in [0.3, 0.4) is 0 Å². The zero-order chi connectivity index (χ0) is 19.7. The molecule has 0 saturated carbocycles. The van der Waals surface area contributed by atoms with Crippen molar-refractivity contribution < 1.29 is 4.79 Å². The summed E-state index contributed by atoms with van der Waals surface area (Å²) in [6.45, 7) is 8.40. The molecule has 0 saturated heterocycles. The maximum absolute atomic E-state index is 12.8. The minimum atomic E-state index is -0.241. The van der Waals surface area contributed by atoms with Crippen molar-refractivity contribution in [3.05, 3.63) is 53.6 Å². The fourth-order valence-electron chi connectivity index (χ4n) is 3.37. The van der Waals surface area contributed by atoms with Gasteiger partial charge in [0.15, 0.2) is 0 Å². The largest absolute Gasteiger partial charge is 0.322 e. The zero-order valence-corrected chi connectivity index (χ0v) is 17.1. The number of para-hydroxylation sites is 1. The number of rotatable bonds is 5. The number of thioether (sulfide) groups is 1. The standard InChI is InChI=1S/C20H24N6OS/c1-13-19(14(2)26(24-13)16-7-5-4-6-8-16)23-20(27)15(3)28-18-12-22-25-10-9-21-11-17(18)25/h4-8,12,15,21H,9-11H2,1-3H3,(H,23,27). The molecular weight excluding hydrogens is 372 g/mol. The summed E-state index contributed by atoms with van der Waals surface area (Å²) >= 11 is 1.54. The van der Waals surface area contributed by atoms with Crippen LogP contribution in [0.5, 0.6) is 0 Å². The number of carbonyl (C=O) groups excluding carboxylic acids is 1. The highest BCUT2D eigenvalue weighted by Crippen LogP contribution is 2.29. The number of hydrogen-bond acceptors (Lipinski definition) is 5. The highest BCUT2D eigenvalue weighted by Gasteiger charge is 2.22. The lowest BCUT2D eigenvalue weighted by Crippen LogP contribution is -2.29. The van der Waals surface area contributed by atoms with Crippen molar-refractivity contribution in [2.24, 2.45) is 0 Å². The Balaban J connectivity index is 1.49. The predicted octanol–water partition coefficient (Wildman–Crippen LogP) is 2.91. The lowest BCUT2D eigenvalue weighted by molar-refractivity contribution is -0.115. The number of aryl methyl sites for hydroxylation is 1. The Morgan fingerprint density at radius 1 is 1.29 bits per heavy atom. The van der Waals surface area contributed by atoms with Crippen LogP contribution in [-0.2, 0) is 17.9 Å². The summed E-state index contributed by atoms with van der Waals surface area (Å²) in [4.78, 5) is 13.9. The number of nitrogens with zero attached hydrogens (tertiary/aromatic N) is 4. The minimum absolute atomic E-state index is 0.0347. The van der Waals surface area contributed by atoms with E-state index >= 15 is 0 Å². The number of aromatic nitrogens is 4. The molecule has 4 rings (SSSR count). The molecule has 1 atom stereocenters. The molecule has 0 radical (unpaired) electrons. The Labute approximate surface area is 168 Å². The van der Waals surface area contributed by atoms with E-state index in [-0.39, 0.29) is 11.2 Å². The molecule has 0 bridgehead atoms. The second-order valence-electron chi connectivity index (χ2n) is 6.90. The maximum Gasteiger partial charge on any atom is 0.237 e. The van der Waals surface area contributed by atoms with Gasteiger partial charge < -0.3 is 10.6 Å². The van der Waals surface area contributed by atoms with E-state index in [1.54, 1.807) is 11.8 Å². The van der Waals surface area contributed by atoms with Crippen molar-refractivity contribution in [2.75, 3.05) is 11.9 Å². The molecule has 3 aromatic rings. The Bertz CT molecular complexity index is 994. The quantitative estimate of drug-likeness (QED) is 0.649. The fraction of sp³-hybridized carbons (Fsp3) is 0.350. The third-order valence-corrected chi connectivity index (χ3v) is 6.08. The van der Waals surface area contributed by atoms with E-state index in [1.165, 1.54) is 0 Å². The molecule has 0 aliphatic carbocycles. The van der Waals surface area contributed by atoms with Gasteiger partial charge in [-0.1, -0.05) is 18.2 Å². The summed E-state index contributed by atoms with van der Waals surface area (Å²) in [5.41, 5.74) is 4.63. The van der Waals surface area contributed by atoms with E-state index in [2.05, 4.69) is 20.8 Å². The number of amides is 1. The molecule has 1 aliphatic heterocycles. The van der Waals surface area contributed by atoms with Crippen LogP contribution < -0.4 is 10.6 Å². The Kier molecular flexibility index (Phi) is 5.23. The molecule has 1 unspecified atom stereocenters.